The van der Waals surface area contributed by atoms with Crippen LogP contribution in [-0.2, 0) is 0 Å². The van der Waals surface area contributed by atoms with Gasteiger partial charge in [-0.05, 0) is 73.3 Å². The summed E-state index contributed by atoms with van der Waals surface area (Å²) in [6.45, 7) is 7.51. The molecule has 0 aromatic carbocycles. The molecular weight excluding hydrogens is 247 g/mol. The zero-order valence-electron chi connectivity index (χ0n) is 13.3. The average Bonchev–Trinajstić information content (AvgIpc) is 3.05. The maximum absolute atomic E-state index is 2.50. The minimum atomic E-state index is 0.356. The van der Waals surface area contributed by atoms with Crippen molar-refractivity contribution >= 4 is 7.92 Å². The van der Waals surface area contributed by atoms with E-state index in [4.69, 9.17) is 0 Å². The molecule has 0 saturated heterocycles. The lowest BCUT2D eigenvalue weighted by Crippen LogP contribution is -2.19. The van der Waals surface area contributed by atoms with Crippen molar-refractivity contribution in [1.29, 1.82) is 0 Å². The summed E-state index contributed by atoms with van der Waals surface area (Å²) >= 11 is 0. The van der Waals surface area contributed by atoms with Crippen LogP contribution in [0.3, 0.4) is 0 Å². The third-order valence-electron chi connectivity index (χ3n) is 6.27. The maximum atomic E-state index is 2.50. The summed E-state index contributed by atoms with van der Waals surface area (Å²) < 4.78 is 0. The van der Waals surface area contributed by atoms with E-state index in [0.717, 1.165) is 34.7 Å². The smallest absolute Gasteiger partial charge is 0.0202 e. The summed E-state index contributed by atoms with van der Waals surface area (Å²) in [5.74, 6) is 3.10. The topological polar surface area (TPSA) is 0 Å². The highest BCUT2D eigenvalue weighted by Crippen LogP contribution is 2.64. The van der Waals surface area contributed by atoms with Gasteiger partial charge in [-0.1, -0.05) is 48.0 Å². The van der Waals surface area contributed by atoms with Gasteiger partial charge in [0.05, 0.1) is 0 Å². The molecule has 3 rings (SSSR count). The van der Waals surface area contributed by atoms with Crippen LogP contribution in [0.5, 0.6) is 0 Å². The minimum Gasteiger partial charge on any atom is -0.0971 e. The Morgan fingerprint density at radius 3 is 1.05 bits per heavy atom. The standard InChI is InChI=1S/C18H33P/c1-13-4-7-16(10-13)19(17-8-5-14(2)11-17)18-9-6-15(3)12-18/h13-18H,4-12H2,1-3H3. The maximum Gasteiger partial charge on any atom is -0.0202 e. The largest absolute Gasteiger partial charge is 0.0971 e. The predicted octanol–water partition coefficient (Wildman–Crippen LogP) is 6.03. The fourth-order valence-electron chi connectivity index (χ4n) is 5.24. The molecule has 6 unspecified atom stereocenters. The Morgan fingerprint density at radius 1 is 0.526 bits per heavy atom. The van der Waals surface area contributed by atoms with E-state index in [1.807, 2.05) is 0 Å². The molecule has 0 nitrogen and oxygen atoms in total. The molecule has 110 valence electrons. The Hall–Kier alpha value is 0.430. The molecule has 0 amide bonds. The fourth-order valence-corrected chi connectivity index (χ4v) is 10.2. The molecule has 0 bridgehead atoms. The quantitative estimate of drug-likeness (QED) is 0.553. The van der Waals surface area contributed by atoms with Gasteiger partial charge in [-0.2, -0.15) is 0 Å². The molecule has 3 aliphatic carbocycles. The summed E-state index contributed by atoms with van der Waals surface area (Å²) in [5.41, 5.74) is 3.49. The fraction of sp³-hybridized carbons (Fsp3) is 1.00. The van der Waals surface area contributed by atoms with Crippen molar-refractivity contribution in [3.63, 3.8) is 0 Å². The molecule has 0 aromatic rings. The van der Waals surface area contributed by atoms with Crippen LogP contribution >= 0.6 is 7.92 Å². The Morgan fingerprint density at radius 2 is 0.842 bits per heavy atom. The molecule has 0 radical (unpaired) electrons. The Kier molecular flexibility index (Phi) is 4.57. The average molecular weight is 280 g/mol. The molecule has 1 heteroatoms. The first-order chi connectivity index (χ1) is 9.13. The van der Waals surface area contributed by atoms with Crippen molar-refractivity contribution in [1.82, 2.24) is 0 Å². The van der Waals surface area contributed by atoms with Crippen LogP contribution in [0.4, 0.5) is 0 Å². The van der Waals surface area contributed by atoms with Crippen molar-refractivity contribution in [2.45, 2.75) is 95.5 Å². The first-order valence-electron chi connectivity index (χ1n) is 8.91. The summed E-state index contributed by atoms with van der Waals surface area (Å²) in [4.78, 5) is 0. The second kappa shape index (κ2) is 6.05. The summed E-state index contributed by atoms with van der Waals surface area (Å²) in [6.07, 6.45) is 14.1. The van der Waals surface area contributed by atoms with E-state index in [9.17, 15) is 0 Å². The van der Waals surface area contributed by atoms with Gasteiger partial charge >= 0.3 is 0 Å². The first-order valence-corrected chi connectivity index (χ1v) is 10.5. The SMILES string of the molecule is CC1CCC(P(C2CCC(C)C2)C2CCC(C)C2)C1. The van der Waals surface area contributed by atoms with Crippen LogP contribution in [0.2, 0.25) is 0 Å². The Bertz CT molecular complexity index is 253. The van der Waals surface area contributed by atoms with Crippen molar-refractivity contribution in [3.05, 3.63) is 0 Å². The molecule has 0 N–H and O–H groups in total. The highest BCUT2D eigenvalue weighted by atomic mass is 31.1. The van der Waals surface area contributed by atoms with E-state index in [2.05, 4.69) is 20.8 Å². The lowest BCUT2D eigenvalue weighted by Gasteiger charge is -2.36. The van der Waals surface area contributed by atoms with E-state index >= 15 is 0 Å². The van der Waals surface area contributed by atoms with Crippen LogP contribution in [0.1, 0.15) is 78.6 Å². The summed E-state index contributed by atoms with van der Waals surface area (Å²) in [7, 11) is 0.356. The molecule has 3 saturated carbocycles. The van der Waals surface area contributed by atoms with Gasteiger partial charge < -0.3 is 0 Å². The van der Waals surface area contributed by atoms with E-state index in [1.54, 1.807) is 38.5 Å². The second-order valence-electron chi connectivity index (χ2n) is 8.16. The third-order valence-corrected chi connectivity index (χ3v) is 10.2. The number of hydrogen-bond acceptors (Lipinski definition) is 0. The van der Waals surface area contributed by atoms with Gasteiger partial charge in [0, 0.05) is 0 Å². The molecule has 3 aliphatic rings. The van der Waals surface area contributed by atoms with Gasteiger partial charge in [-0.25, -0.2) is 0 Å². The summed E-state index contributed by atoms with van der Waals surface area (Å²) in [5, 5.41) is 0. The second-order valence-corrected chi connectivity index (χ2v) is 11.2. The molecule has 0 aromatic heterocycles. The van der Waals surface area contributed by atoms with Gasteiger partial charge in [0.25, 0.3) is 0 Å². The molecule has 6 atom stereocenters. The van der Waals surface area contributed by atoms with E-state index in [0.29, 0.717) is 7.92 Å². The van der Waals surface area contributed by atoms with Crippen LogP contribution in [0, 0.1) is 17.8 Å². The minimum absolute atomic E-state index is 0.356. The molecule has 19 heavy (non-hydrogen) atoms. The lowest BCUT2D eigenvalue weighted by atomic mass is 10.1. The number of rotatable bonds is 3. The Balaban J connectivity index is 1.71. The van der Waals surface area contributed by atoms with Gasteiger partial charge in [0.15, 0.2) is 0 Å². The van der Waals surface area contributed by atoms with Gasteiger partial charge in [0.2, 0.25) is 0 Å². The van der Waals surface area contributed by atoms with Gasteiger partial charge in [0.1, 0.15) is 0 Å². The Labute approximate surface area is 121 Å². The normalized spacial score (nSPS) is 48.8. The molecule has 0 spiro atoms. The van der Waals surface area contributed by atoms with Gasteiger partial charge in [-0.15, -0.1) is 0 Å². The van der Waals surface area contributed by atoms with Crippen LogP contribution in [0.15, 0.2) is 0 Å². The predicted molar refractivity (Wildman–Crippen MR) is 87.3 cm³/mol. The molecular formula is C18H33P. The van der Waals surface area contributed by atoms with Crippen LogP contribution < -0.4 is 0 Å². The third kappa shape index (κ3) is 3.20. The molecule has 0 heterocycles. The zero-order valence-corrected chi connectivity index (χ0v) is 14.2. The zero-order chi connectivity index (χ0) is 13.4. The van der Waals surface area contributed by atoms with Crippen molar-refractivity contribution in [3.8, 4) is 0 Å². The van der Waals surface area contributed by atoms with Crippen LogP contribution in [-0.4, -0.2) is 17.0 Å². The molecule has 3 fully saturated rings. The van der Waals surface area contributed by atoms with Crippen molar-refractivity contribution in [2.24, 2.45) is 17.8 Å². The van der Waals surface area contributed by atoms with E-state index < -0.39 is 0 Å². The lowest BCUT2D eigenvalue weighted by molar-refractivity contribution is 0.603. The number of hydrogen-bond donors (Lipinski definition) is 0. The van der Waals surface area contributed by atoms with E-state index in [1.165, 1.54) is 19.3 Å². The van der Waals surface area contributed by atoms with Crippen LogP contribution in [0.25, 0.3) is 0 Å². The van der Waals surface area contributed by atoms with Gasteiger partial charge in [-0.3, -0.25) is 0 Å². The van der Waals surface area contributed by atoms with Crippen molar-refractivity contribution < 1.29 is 0 Å². The monoisotopic (exact) mass is 280 g/mol. The van der Waals surface area contributed by atoms with Crippen molar-refractivity contribution in [2.75, 3.05) is 0 Å². The van der Waals surface area contributed by atoms with E-state index in [-0.39, 0.29) is 0 Å². The molecule has 0 aliphatic heterocycles. The summed E-state index contributed by atoms with van der Waals surface area (Å²) in [6, 6.07) is 0. The first kappa shape index (κ1) is 14.4. The highest BCUT2D eigenvalue weighted by Gasteiger charge is 2.42. The highest BCUT2D eigenvalue weighted by molar-refractivity contribution is 7.60.